The van der Waals surface area contributed by atoms with E-state index in [1.54, 1.807) is 0 Å². The van der Waals surface area contributed by atoms with Crippen molar-refractivity contribution in [1.82, 2.24) is 0 Å². The number of hydrogen-bond acceptors (Lipinski definition) is 3. The highest BCUT2D eigenvalue weighted by molar-refractivity contribution is 5.99. The Morgan fingerprint density at radius 2 is 1.95 bits per heavy atom. The molecule has 0 aliphatic heterocycles. The van der Waals surface area contributed by atoms with Gasteiger partial charge in [-0.1, -0.05) is 47.1 Å². The number of rotatable bonds is 4. The Hall–Kier alpha value is -2.49. The molecule has 0 aliphatic rings. The lowest BCUT2D eigenvalue weighted by molar-refractivity contribution is 0.303. The molecule has 0 radical (unpaired) electrons. The normalized spacial score (nSPS) is 11.3. The Labute approximate surface area is 112 Å². The van der Waals surface area contributed by atoms with Gasteiger partial charge in [0.15, 0.2) is 5.84 Å². The average molecular weight is 256 g/mol. The molecule has 0 saturated carbocycles. The van der Waals surface area contributed by atoms with Crippen LogP contribution in [0.1, 0.15) is 16.7 Å². The van der Waals surface area contributed by atoms with Crippen LogP contribution in [-0.4, -0.2) is 11.0 Å². The molecule has 0 fully saturated rings. The summed E-state index contributed by atoms with van der Waals surface area (Å²) >= 11 is 0. The second kappa shape index (κ2) is 5.91. The number of aryl methyl sites for hydroxylation is 1. The molecule has 4 heteroatoms. The predicted molar refractivity (Wildman–Crippen MR) is 74.5 cm³/mol. The van der Waals surface area contributed by atoms with E-state index < -0.39 is 0 Å². The lowest BCUT2D eigenvalue weighted by atomic mass is 10.1. The minimum atomic E-state index is 0.0479. The van der Waals surface area contributed by atoms with Gasteiger partial charge < -0.3 is 15.7 Å². The molecule has 98 valence electrons. The van der Waals surface area contributed by atoms with Crippen molar-refractivity contribution >= 4 is 5.84 Å². The smallest absolute Gasteiger partial charge is 0.173 e. The number of nitrogens with two attached hydrogens (primary N) is 1. The monoisotopic (exact) mass is 256 g/mol. The van der Waals surface area contributed by atoms with E-state index in [0.717, 1.165) is 11.1 Å². The number of hydrogen-bond donors (Lipinski definition) is 2. The van der Waals surface area contributed by atoms with E-state index in [1.807, 2.05) is 55.5 Å². The molecule has 0 bridgehead atoms. The van der Waals surface area contributed by atoms with E-state index in [4.69, 9.17) is 15.7 Å². The third-order valence-corrected chi connectivity index (χ3v) is 2.76. The highest BCUT2D eigenvalue weighted by Crippen LogP contribution is 2.21. The number of nitrogens with zero attached hydrogens (tertiary/aromatic N) is 1. The van der Waals surface area contributed by atoms with E-state index in [0.29, 0.717) is 17.9 Å². The summed E-state index contributed by atoms with van der Waals surface area (Å²) in [6.45, 7) is 2.38. The lowest BCUT2D eigenvalue weighted by Gasteiger charge is -2.11. The summed E-state index contributed by atoms with van der Waals surface area (Å²) in [6, 6.07) is 15.4. The first-order valence-electron chi connectivity index (χ1n) is 5.96. The molecular weight excluding hydrogens is 240 g/mol. The van der Waals surface area contributed by atoms with Gasteiger partial charge in [-0.3, -0.25) is 0 Å². The van der Waals surface area contributed by atoms with Gasteiger partial charge in [0.1, 0.15) is 12.4 Å². The van der Waals surface area contributed by atoms with Crippen molar-refractivity contribution in [2.75, 3.05) is 0 Å². The minimum absolute atomic E-state index is 0.0479. The van der Waals surface area contributed by atoms with E-state index in [2.05, 4.69) is 5.16 Å². The number of benzene rings is 2. The van der Waals surface area contributed by atoms with Crippen molar-refractivity contribution in [3.05, 3.63) is 65.2 Å². The molecule has 0 atom stereocenters. The van der Waals surface area contributed by atoms with Crippen LogP contribution in [0, 0.1) is 6.92 Å². The Bertz CT molecular complexity index is 580. The van der Waals surface area contributed by atoms with Gasteiger partial charge in [0.25, 0.3) is 0 Å². The van der Waals surface area contributed by atoms with Crippen LogP contribution in [0.5, 0.6) is 5.75 Å². The van der Waals surface area contributed by atoms with Gasteiger partial charge in [-0.2, -0.15) is 0 Å². The zero-order valence-electron chi connectivity index (χ0n) is 10.7. The first-order valence-corrected chi connectivity index (χ1v) is 5.96. The van der Waals surface area contributed by atoms with Crippen molar-refractivity contribution in [1.29, 1.82) is 0 Å². The molecule has 4 nitrogen and oxygen atoms in total. The van der Waals surface area contributed by atoms with Crippen LogP contribution in [0.15, 0.2) is 53.7 Å². The summed E-state index contributed by atoms with van der Waals surface area (Å²) < 4.78 is 5.73. The van der Waals surface area contributed by atoms with Crippen molar-refractivity contribution in [2.45, 2.75) is 13.5 Å². The molecule has 2 rings (SSSR count). The SMILES string of the molecule is Cc1ccc(OCc2ccccc2)c(/C(N)=N/O)c1. The van der Waals surface area contributed by atoms with E-state index in [-0.39, 0.29) is 5.84 Å². The van der Waals surface area contributed by atoms with Gasteiger partial charge in [-0.05, 0) is 24.6 Å². The van der Waals surface area contributed by atoms with Gasteiger partial charge in [0.2, 0.25) is 0 Å². The quantitative estimate of drug-likeness (QED) is 0.382. The fraction of sp³-hybridized carbons (Fsp3) is 0.133. The second-order valence-electron chi connectivity index (χ2n) is 4.26. The van der Waals surface area contributed by atoms with Crippen LogP contribution < -0.4 is 10.5 Å². The summed E-state index contributed by atoms with van der Waals surface area (Å²) in [6.07, 6.45) is 0. The molecular formula is C15H16N2O2. The molecule has 2 aromatic rings. The lowest BCUT2D eigenvalue weighted by Crippen LogP contribution is -2.15. The average Bonchev–Trinajstić information content (AvgIpc) is 2.46. The van der Waals surface area contributed by atoms with E-state index in [1.165, 1.54) is 0 Å². The molecule has 2 aromatic carbocycles. The fourth-order valence-electron chi connectivity index (χ4n) is 1.76. The van der Waals surface area contributed by atoms with Crippen molar-refractivity contribution in [2.24, 2.45) is 10.9 Å². The van der Waals surface area contributed by atoms with Crippen molar-refractivity contribution in [3.63, 3.8) is 0 Å². The van der Waals surface area contributed by atoms with Crippen LogP contribution in [0.25, 0.3) is 0 Å². The van der Waals surface area contributed by atoms with Gasteiger partial charge in [-0.25, -0.2) is 0 Å². The number of ether oxygens (including phenoxy) is 1. The van der Waals surface area contributed by atoms with Crippen LogP contribution in [0.4, 0.5) is 0 Å². The van der Waals surface area contributed by atoms with Crippen LogP contribution >= 0.6 is 0 Å². The highest BCUT2D eigenvalue weighted by Gasteiger charge is 2.08. The summed E-state index contributed by atoms with van der Waals surface area (Å²) in [5.74, 6) is 0.650. The maximum atomic E-state index is 8.80. The first-order chi connectivity index (χ1) is 9.20. The number of amidine groups is 1. The third-order valence-electron chi connectivity index (χ3n) is 2.76. The molecule has 0 amide bonds. The van der Waals surface area contributed by atoms with Crippen molar-refractivity contribution < 1.29 is 9.94 Å². The topological polar surface area (TPSA) is 67.8 Å². The van der Waals surface area contributed by atoms with Crippen LogP contribution in [0.3, 0.4) is 0 Å². The largest absolute Gasteiger partial charge is 0.488 e. The minimum Gasteiger partial charge on any atom is -0.488 e. The molecule has 0 spiro atoms. The zero-order valence-corrected chi connectivity index (χ0v) is 10.7. The summed E-state index contributed by atoms with van der Waals surface area (Å²) in [5.41, 5.74) is 8.33. The van der Waals surface area contributed by atoms with Crippen LogP contribution in [-0.2, 0) is 6.61 Å². The van der Waals surface area contributed by atoms with Gasteiger partial charge >= 0.3 is 0 Å². The molecule has 0 aromatic heterocycles. The molecule has 0 saturated heterocycles. The third kappa shape index (κ3) is 3.25. The summed E-state index contributed by atoms with van der Waals surface area (Å²) in [4.78, 5) is 0. The zero-order chi connectivity index (χ0) is 13.7. The van der Waals surface area contributed by atoms with E-state index >= 15 is 0 Å². The Morgan fingerprint density at radius 1 is 1.21 bits per heavy atom. The van der Waals surface area contributed by atoms with Crippen molar-refractivity contribution in [3.8, 4) is 5.75 Å². The number of oxime groups is 1. The highest BCUT2D eigenvalue weighted by atomic mass is 16.5. The Kier molecular flexibility index (Phi) is 4.03. The summed E-state index contributed by atoms with van der Waals surface area (Å²) in [5, 5.41) is 11.8. The maximum absolute atomic E-state index is 8.80. The molecule has 19 heavy (non-hydrogen) atoms. The first kappa shape index (κ1) is 13.0. The predicted octanol–water partition coefficient (Wildman–Crippen LogP) is 2.67. The Balaban J connectivity index is 2.20. The van der Waals surface area contributed by atoms with Gasteiger partial charge in [0, 0.05) is 0 Å². The summed E-state index contributed by atoms with van der Waals surface area (Å²) in [7, 11) is 0. The standard InChI is InChI=1S/C15H16N2O2/c1-11-7-8-14(13(9-11)15(16)17-18)19-10-12-5-3-2-4-6-12/h2-9,18H,10H2,1H3,(H2,16,17). The molecule has 0 aliphatic carbocycles. The van der Waals surface area contributed by atoms with Gasteiger partial charge in [0.05, 0.1) is 5.56 Å². The maximum Gasteiger partial charge on any atom is 0.173 e. The van der Waals surface area contributed by atoms with E-state index in [9.17, 15) is 0 Å². The van der Waals surface area contributed by atoms with Crippen LogP contribution in [0.2, 0.25) is 0 Å². The molecule has 3 N–H and O–H groups in total. The second-order valence-corrected chi connectivity index (χ2v) is 4.26. The molecule has 0 heterocycles. The van der Waals surface area contributed by atoms with Gasteiger partial charge in [-0.15, -0.1) is 0 Å². The molecule has 0 unspecified atom stereocenters. The Morgan fingerprint density at radius 3 is 2.63 bits per heavy atom. The fourth-order valence-corrected chi connectivity index (χ4v) is 1.76.